The van der Waals surface area contributed by atoms with Gasteiger partial charge in [-0.15, -0.1) is 12.4 Å². The van der Waals surface area contributed by atoms with E-state index in [0.717, 1.165) is 5.56 Å². The summed E-state index contributed by atoms with van der Waals surface area (Å²) < 4.78 is 18.9. The molecule has 0 unspecified atom stereocenters. The Kier molecular flexibility index (Phi) is 5.72. The van der Waals surface area contributed by atoms with Crippen LogP contribution in [-0.2, 0) is 9.53 Å². The van der Waals surface area contributed by atoms with E-state index in [1.807, 2.05) is 13.8 Å². The molecule has 0 aliphatic carbocycles. The normalized spacial score (nSPS) is 22.5. The average molecular weight is 289 g/mol. The molecule has 1 saturated heterocycles. The molecule has 106 valence electrons. The van der Waals surface area contributed by atoms with Crippen molar-refractivity contribution in [3.8, 4) is 0 Å². The number of anilines is 1. The minimum absolute atomic E-state index is 0. The molecule has 1 heterocycles. The van der Waals surface area contributed by atoms with Crippen LogP contribution in [0.1, 0.15) is 12.5 Å². The van der Waals surface area contributed by atoms with Crippen molar-refractivity contribution in [2.75, 3.05) is 18.5 Å². The molecular formula is C13H18ClFN2O2. The first-order valence-corrected chi connectivity index (χ1v) is 6.00. The number of amides is 1. The zero-order chi connectivity index (χ0) is 13.1. The summed E-state index contributed by atoms with van der Waals surface area (Å²) in [6, 6.07) is 4.18. The molecule has 2 atom stereocenters. The van der Waals surface area contributed by atoms with Crippen LogP contribution in [0.15, 0.2) is 18.2 Å². The van der Waals surface area contributed by atoms with E-state index in [1.54, 1.807) is 12.1 Å². The van der Waals surface area contributed by atoms with Crippen molar-refractivity contribution in [2.45, 2.75) is 26.0 Å². The van der Waals surface area contributed by atoms with Gasteiger partial charge in [-0.25, -0.2) is 4.39 Å². The standard InChI is InChI=1S/C13H17FN2O2.ClH/c1-8-3-4-10(14)11(7-8)16-13(17)12-9(2)18-6-5-15-12;/h3-4,7,9,12,15H,5-6H2,1-2H3,(H,16,17);1H/t9-,12+;/m1./s1. The Bertz CT molecular complexity index is 456. The van der Waals surface area contributed by atoms with E-state index >= 15 is 0 Å². The Morgan fingerprint density at radius 1 is 1.53 bits per heavy atom. The van der Waals surface area contributed by atoms with Crippen molar-refractivity contribution >= 4 is 24.0 Å². The second-order valence-corrected chi connectivity index (χ2v) is 4.48. The number of hydrogen-bond acceptors (Lipinski definition) is 3. The van der Waals surface area contributed by atoms with Crippen LogP contribution in [0.25, 0.3) is 0 Å². The van der Waals surface area contributed by atoms with E-state index in [4.69, 9.17) is 4.74 Å². The van der Waals surface area contributed by atoms with E-state index in [-0.39, 0.29) is 30.1 Å². The maximum atomic E-state index is 13.5. The molecule has 0 spiro atoms. The Balaban J connectivity index is 0.00000180. The van der Waals surface area contributed by atoms with Gasteiger partial charge in [-0.1, -0.05) is 6.07 Å². The number of ether oxygens (including phenoxy) is 1. The first kappa shape index (κ1) is 15.9. The first-order chi connectivity index (χ1) is 8.58. The van der Waals surface area contributed by atoms with Crippen molar-refractivity contribution < 1.29 is 13.9 Å². The van der Waals surface area contributed by atoms with Gasteiger partial charge < -0.3 is 15.4 Å². The fourth-order valence-corrected chi connectivity index (χ4v) is 1.97. The summed E-state index contributed by atoms with van der Waals surface area (Å²) in [5, 5.41) is 5.66. The molecule has 6 heteroatoms. The molecule has 1 amide bonds. The summed E-state index contributed by atoms with van der Waals surface area (Å²) in [5.41, 5.74) is 1.10. The van der Waals surface area contributed by atoms with Gasteiger partial charge in [0.25, 0.3) is 0 Å². The van der Waals surface area contributed by atoms with Crippen LogP contribution >= 0.6 is 12.4 Å². The van der Waals surface area contributed by atoms with E-state index < -0.39 is 11.9 Å². The minimum Gasteiger partial charge on any atom is -0.375 e. The van der Waals surface area contributed by atoms with Crippen molar-refractivity contribution in [1.82, 2.24) is 5.32 Å². The molecule has 1 aromatic carbocycles. The van der Waals surface area contributed by atoms with E-state index in [1.165, 1.54) is 6.07 Å². The maximum Gasteiger partial charge on any atom is 0.244 e. The Labute approximate surface area is 118 Å². The van der Waals surface area contributed by atoms with Gasteiger partial charge in [0, 0.05) is 6.54 Å². The van der Waals surface area contributed by atoms with Gasteiger partial charge in [0.05, 0.1) is 18.4 Å². The molecule has 19 heavy (non-hydrogen) atoms. The largest absolute Gasteiger partial charge is 0.375 e. The summed E-state index contributed by atoms with van der Waals surface area (Å²) in [4.78, 5) is 12.0. The molecular weight excluding hydrogens is 271 g/mol. The smallest absolute Gasteiger partial charge is 0.244 e. The van der Waals surface area contributed by atoms with E-state index in [2.05, 4.69) is 10.6 Å². The van der Waals surface area contributed by atoms with Crippen LogP contribution in [-0.4, -0.2) is 31.2 Å². The fourth-order valence-electron chi connectivity index (χ4n) is 1.97. The topological polar surface area (TPSA) is 50.4 Å². The third-order valence-electron chi connectivity index (χ3n) is 2.98. The molecule has 4 nitrogen and oxygen atoms in total. The summed E-state index contributed by atoms with van der Waals surface area (Å²) >= 11 is 0. The Morgan fingerprint density at radius 3 is 2.95 bits per heavy atom. The Hall–Kier alpha value is -1.17. The number of carbonyl (C=O) groups is 1. The minimum atomic E-state index is -0.446. The number of benzene rings is 1. The number of halogens is 2. The zero-order valence-electron chi connectivity index (χ0n) is 10.9. The fraction of sp³-hybridized carbons (Fsp3) is 0.462. The van der Waals surface area contributed by atoms with E-state index in [9.17, 15) is 9.18 Å². The monoisotopic (exact) mass is 288 g/mol. The zero-order valence-corrected chi connectivity index (χ0v) is 11.7. The van der Waals surface area contributed by atoms with Crippen LogP contribution in [0, 0.1) is 12.7 Å². The highest BCUT2D eigenvalue weighted by atomic mass is 35.5. The molecule has 1 fully saturated rings. The van der Waals surface area contributed by atoms with Gasteiger partial charge in [0.1, 0.15) is 11.9 Å². The van der Waals surface area contributed by atoms with Gasteiger partial charge in [0.15, 0.2) is 0 Å². The molecule has 0 saturated carbocycles. The molecule has 2 rings (SSSR count). The van der Waals surface area contributed by atoms with Crippen molar-refractivity contribution in [1.29, 1.82) is 0 Å². The lowest BCUT2D eigenvalue weighted by atomic mass is 10.1. The number of hydrogen-bond donors (Lipinski definition) is 2. The molecule has 0 bridgehead atoms. The predicted octanol–water partition coefficient (Wildman–Crippen LogP) is 1.87. The lowest BCUT2D eigenvalue weighted by Gasteiger charge is -2.29. The van der Waals surface area contributed by atoms with Gasteiger partial charge in [-0.3, -0.25) is 4.79 Å². The van der Waals surface area contributed by atoms with Crippen molar-refractivity contribution in [3.05, 3.63) is 29.6 Å². The molecule has 1 aliphatic heterocycles. The second kappa shape index (κ2) is 6.84. The second-order valence-electron chi connectivity index (χ2n) is 4.48. The molecule has 1 aliphatic rings. The highest BCUT2D eigenvalue weighted by Crippen LogP contribution is 2.16. The summed E-state index contributed by atoms with van der Waals surface area (Å²) in [6.07, 6.45) is -0.216. The van der Waals surface area contributed by atoms with Gasteiger partial charge in [-0.2, -0.15) is 0 Å². The van der Waals surface area contributed by atoms with E-state index in [0.29, 0.717) is 13.2 Å². The Morgan fingerprint density at radius 2 is 2.26 bits per heavy atom. The van der Waals surface area contributed by atoms with Crippen LogP contribution in [0.3, 0.4) is 0 Å². The summed E-state index contributed by atoms with van der Waals surface area (Å²) in [5.74, 6) is -0.704. The average Bonchev–Trinajstić information content (AvgIpc) is 2.34. The first-order valence-electron chi connectivity index (χ1n) is 6.00. The highest BCUT2D eigenvalue weighted by molar-refractivity contribution is 5.95. The summed E-state index contributed by atoms with van der Waals surface area (Å²) in [7, 11) is 0. The van der Waals surface area contributed by atoms with Crippen LogP contribution in [0.5, 0.6) is 0 Å². The van der Waals surface area contributed by atoms with Gasteiger partial charge in [-0.05, 0) is 31.5 Å². The van der Waals surface area contributed by atoms with Crippen molar-refractivity contribution in [2.24, 2.45) is 0 Å². The predicted molar refractivity (Wildman–Crippen MR) is 74.2 cm³/mol. The number of nitrogens with one attached hydrogen (secondary N) is 2. The molecule has 0 aromatic heterocycles. The number of aryl methyl sites for hydroxylation is 1. The highest BCUT2D eigenvalue weighted by Gasteiger charge is 2.28. The summed E-state index contributed by atoms with van der Waals surface area (Å²) in [6.45, 7) is 4.88. The SMILES string of the molecule is Cc1ccc(F)c(NC(=O)[C@H]2NCCO[C@@H]2C)c1.Cl. The van der Waals surface area contributed by atoms with Gasteiger partial charge in [0.2, 0.25) is 5.91 Å². The van der Waals surface area contributed by atoms with Crippen molar-refractivity contribution in [3.63, 3.8) is 0 Å². The van der Waals surface area contributed by atoms with Crippen LogP contribution in [0.2, 0.25) is 0 Å². The molecule has 0 radical (unpaired) electrons. The lowest BCUT2D eigenvalue weighted by molar-refractivity contribution is -0.123. The third-order valence-corrected chi connectivity index (χ3v) is 2.98. The third kappa shape index (κ3) is 3.89. The van der Waals surface area contributed by atoms with Gasteiger partial charge >= 0.3 is 0 Å². The molecule has 1 aromatic rings. The lowest BCUT2D eigenvalue weighted by Crippen LogP contribution is -2.53. The van der Waals surface area contributed by atoms with Crippen LogP contribution in [0.4, 0.5) is 10.1 Å². The quantitative estimate of drug-likeness (QED) is 0.873. The number of morpholine rings is 1. The number of rotatable bonds is 2. The molecule has 2 N–H and O–H groups in total. The number of carbonyl (C=O) groups excluding carboxylic acids is 1. The van der Waals surface area contributed by atoms with Crippen LogP contribution < -0.4 is 10.6 Å². The maximum absolute atomic E-state index is 13.5.